The fraction of sp³-hybridized carbons (Fsp3) is 0.321. The van der Waals surface area contributed by atoms with E-state index >= 15 is 0 Å². The van der Waals surface area contributed by atoms with E-state index in [9.17, 15) is 13.6 Å². The van der Waals surface area contributed by atoms with Gasteiger partial charge in [-0.15, -0.1) is 0 Å². The van der Waals surface area contributed by atoms with Gasteiger partial charge in [-0.2, -0.15) is 0 Å². The van der Waals surface area contributed by atoms with Gasteiger partial charge in [-0.25, -0.2) is 8.78 Å². The number of halogens is 3. The third-order valence-electron chi connectivity index (χ3n) is 6.89. The molecule has 0 amide bonds. The number of carbonyl (C=O) groups excluding carboxylic acids is 1. The molecule has 5 nitrogen and oxygen atoms in total. The van der Waals surface area contributed by atoms with Gasteiger partial charge in [0.15, 0.2) is 6.29 Å². The first-order valence-corrected chi connectivity index (χ1v) is 12.2. The molecule has 1 aliphatic rings. The highest BCUT2D eigenvalue weighted by Crippen LogP contribution is 2.37. The van der Waals surface area contributed by atoms with E-state index in [0.29, 0.717) is 12.0 Å². The van der Waals surface area contributed by atoms with E-state index in [1.807, 2.05) is 52.8 Å². The molecule has 37 heavy (non-hydrogen) atoms. The summed E-state index contributed by atoms with van der Waals surface area (Å²) in [5.74, 6) is -0.949. The molecule has 0 unspecified atom stereocenters. The Morgan fingerprint density at radius 2 is 1.54 bits per heavy atom. The van der Waals surface area contributed by atoms with Crippen molar-refractivity contribution >= 4 is 30.5 Å². The quantitative estimate of drug-likeness (QED) is 0.258. The number of hydrogen-bond acceptors (Lipinski definition) is 5. The molecule has 1 fully saturated rings. The molecule has 0 spiro atoms. The van der Waals surface area contributed by atoms with Gasteiger partial charge in [0.1, 0.15) is 36.3 Å². The van der Waals surface area contributed by atoms with Crippen molar-refractivity contribution in [3.8, 4) is 11.5 Å². The lowest BCUT2D eigenvalue weighted by atomic mass is 9.75. The van der Waals surface area contributed by atoms with Crippen LogP contribution in [0.3, 0.4) is 0 Å². The lowest BCUT2D eigenvalue weighted by Gasteiger charge is -2.32. The highest BCUT2D eigenvalue weighted by atomic mass is 35.5. The van der Waals surface area contributed by atoms with Crippen LogP contribution >= 0.6 is 11.6 Å². The fourth-order valence-electron chi connectivity index (χ4n) is 3.97. The Balaban J connectivity index is 1.52. The van der Waals surface area contributed by atoms with Gasteiger partial charge < -0.3 is 18.8 Å². The maximum atomic E-state index is 13.5. The SMILES string of the molecule is Cc1c(COc2cc(OCc3cc(F)cc(F)c3)c(C=O)cc2Cl)cccc1B1OC(C)(C)C(C)(C)O1. The summed E-state index contributed by atoms with van der Waals surface area (Å²) < 4.78 is 51.1. The largest absolute Gasteiger partial charge is 0.495 e. The maximum Gasteiger partial charge on any atom is 0.495 e. The van der Waals surface area contributed by atoms with Gasteiger partial charge in [0, 0.05) is 12.1 Å². The summed E-state index contributed by atoms with van der Waals surface area (Å²) in [5, 5.41) is 0.228. The van der Waals surface area contributed by atoms with Crippen molar-refractivity contribution in [3.05, 3.63) is 87.4 Å². The van der Waals surface area contributed by atoms with Gasteiger partial charge in [0.05, 0.1) is 21.8 Å². The van der Waals surface area contributed by atoms with Gasteiger partial charge in [0.2, 0.25) is 0 Å². The Morgan fingerprint density at radius 3 is 2.16 bits per heavy atom. The Labute approximate surface area is 220 Å². The molecular weight excluding hydrogens is 501 g/mol. The molecule has 1 heterocycles. The summed E-state index contributed by atoms with van der Waals surface area (Å²) in [6.07, 6.45) is 0.593. The van der Waals surface area contributed by atoms with Crippen LogP contribution in [0.5, 0.6) is 11.5 Å². The van der Waals surface area contributed by atoms with Crippen LogP contribution in [0.15, 0.2) is 48.5 Å². The van der Waals surface area contributed by atoms with Crippen LogP contribution in [-0.4, -0.2) is 24.6 Å². The molecule has 0 bridgehead atoms. The van der Waals surface area contributed by atoms with Gasteiger partial charge in [-0.1, -0.05) is 29.8 Å². The Kier molecular flexibility index (Phi) is 7.65. The van der Waals surface area contributed by atoms with Crippen molar-refractivity contribution in [1.82, 2.24) is 0 Å². The summed E-state index contributed by atoms with van der Waals surface area (Å²) in [6.45, 7) is 10.0. The molecule has 3 aromatic rings. The zero-order chi connectivity index (χ0) is 27.0. The number of ether oxygens (including phenoxy) is 2. The normalized spacial score (nSPS) is 16.1. The van der Waals surface area contributed by atoms with Crippen molar-refractivity contribution in [3.63, 3.8) is 0 Å². The molecule has 0 aromatic heterocycles. The number of benzene rings is 3. The molecule has 0 aliphatic carbocycles. The Bertz CT molecular complexity index is 1290. The third kappa shape index (κ3) is 5.82. The van der Waals surface area contributed by atoms with Crippen LogP contribution in [0, 0.1) is 18.6 Å². The zero-order valence-electron chi connectivity index (χ0n) is 21.4. The molecule has 3 aromatic carbocycles. The van der Waals surface area contributed by atoms with E-state index in [1.165, 1.54) is 12.1 Å². The zero-order valence-corrected chi connectivity index (χ0v) is 22.1. The number of carbonyl (C=O) groups is 1. The van der Waals surface area contributed by atoms with E-state index in [2.05, 4.69) is 0 Å². The summed E-state index contributed by atoms with van der Waals surface area (Å²) in [5.41, 5.74) is 2.33. The molecular formula is C28H28BClF2O5. The van der Waals surface area contributed by atoms with Gasteiger partial charge in [0.25, 0.3) is 0 Å². The van der Waals surface area contributed by atoms with Crippen LogP contribution in [-0.2, 0) is 22.5 Å². The van der Waals surface area contributed by atoms with Crippen molar-refractivity contribution in [1.29, 1.82) is 0 Å². The van der Waals surface area contributed by atoms with Crippen molar-refractivity contribution in [2.45, 2.75) is 59.0 Å². The molecule has 194 valence electrons. The van der Waals surface area contributed by atoms with Gasteiger partial charge in [-0.3, -0.25) is 4.79 Å². The minimum atomic E-state index is -0.715. The average molecular weight is 529 g/mol. The highest BCUT2D eigenvalue weighted by Gasteiger charge is 2.52. The number of hydrogen-bond donors (Lipinski definition) is 0. The molecule has 0 atom stereocenters. The van der Waals surface area contributed by atoms with Crippen LogP contribution in [0.4, 0.5) is 8.78 Å². The van der Waals surface area contributed by atoms with E-state index < -0.39 is 30.0 Å². The van der Waals surface area contributed by atoms with Crippen molar-refractivity contribution < 1.29 is 32.4 Å². The molecule has 0 radical (unpaired) electrons. The lowest BCUT2D eigenvalue weighted by molar-refractivity contribution is 0.00578. The minimum absolute atomic E-state index is 0.147. The highest BCUT2D eigenvalue weighted by molar-refractivity contribution is 6.62. The molecule has 0 saturated carbocycles. The summed E-state index contributed by atoms with van der Waals surface area (Å²) >= 11 is 6.36. The number of rotatable bonds is 8. The molecule has 4 rings (SSSR count). The van der Waals surface area contributed by atoms with Crippen molar-refractivity contribution in [2.75, 3.05) is 0 Å². The minimum Gasteiger partial charge on any atom is -0.488 e. The second-order valence-corrected chi connectivity index (χ2v) is 10.4. The van der Waals surface area contributed by atoms with Crippen molar-refractivity contribution in [2.24, 2.45) is 0 Å². The summed E-state index contributed by atoms with van der Waals surface area (Å²) in [4.78, 5) is 11.6. The topological polar surface area (TPSA) is 54.0 Å². The Morgan fingerprint density at radius 1 is 0.919 bits per heavy atom. The van der Waals surface area contributed by atoms with Gasteiger partial charge in [-0.05, 0) is 75.0 Å². The Hall–Kier alpha value is -2.94. The summed E-state index contributed by atoms with van der Waals surface area (Å²) in [6, 6.07) is 11.8. The second kappa shape index (κ2) is 10.4. The predicted molar refractivity (Wildman–Crippen MR) is 139 cm³/mol. The van der Waals surface area contributed by atoms with E-state index in [1.54, 1.807) is 0 Å². The van der Waals surface area contributed by atoms with Crippen LogP contribution in [0.2, 0.25) is 5.02 Å². The molecule has 1 aliphatic heterocycles. The smallest absolute Gasteiger partial charge is 0.488 e. The maximum absolute atomic E-state index is 13.5. The second-order valence-electron chi connectivity index (χ2n) is 10.0. The van der Waals surface area contributed by atoms with Crippen LogP contribution < -0.4 is 14.9 Å². The first-order chi connectivity index (χ1) is 17.4. The number of aldehydes is 1. The molecule has 9 heteroatoms. The molecule has 0 N–H and O–H groups in total. The van der Waals surface area contributed by atoms with E-state index in [-0.39, 0.29) is 35.1 Å². The first-order valence-electron chi connectivity index (χ1n) is 11.8. The molecule has 1 saturated heterocycles. The standard InChI is InChI=1S/C28H28BClF2O5/c1-17-19(7-6-8-23(17)29-36-27(2,3)28(4,5)37-29)16-35-26-13-25(20(14-33)11-24(26)30)34-15-18-9-21(31)12-22(32)10-18/h6-14H,15-16H2,1-5H3. The fourth-order valence-corrected chi connectivity index (χ4v) is 4.20. The van der Waals surface area contributed by atoms with Crippen LogP contribution in [0.1, 0.15) is 54.7 Å². The van der Waals surface area contributed by atoms with E-state index in [0.717, 1.165) is 34.8 Å². The lowest BCUT2D eigenvalue weighted by Crippen LogP contribution is -2.41. The van der Waals surface area contributed by atoms with Crippen LogP contribution in [0.25, 0.3) is 0 Å². The van der Waals surface area contributed by atoms with Gasteiger partial charge >= 0.3 is 7.12 Å². The van der Waals surface area contributed by atoms with E-state index in [4.69, 9.17) is 30.4 Å². The first kappa shape index (κ1) is 27.1. The average Bonchev–Trinajstić information content (AvgIpc) is 3.03. The monoisotopic (exact) mass is 528 g/mol. The third-order valence-corrected chi connectivity index (χ3v) is 7.18. The predicted octanol–water partition coefficient (Wildman–Crippen LogP) is 6.20. The summed E-state index contributed by atoms with van der Waals surface area (Å²) in [7, 11) is -0.506.